The number of fused-ring (bicyclic) bond motifs is 2. The lowest BCUT2D eigenvalue weighted by molar-refractivity contribution is -0.159. The molecule has 2 fully saturated rings. The standard InChI is InChI=1S/C22H34N4O7S/c1-15(2)22(30,21(23)29)26(34(31,32)19-6-4-18(33-3)5-7-19)9-8-20(28)25-14-16-12-17(25)13-24(16)10-11-27/h4-7,15-17,27,30H,8-14H2,1-3H3,(H2,23,29). The summed E-state index contributed by atoms with van der Waals surface area (Å²) < 4.78 is 32.8. The Kier molecular flexibility index (Phi) is 7.88. The maximum absolute atomic E-state index is 13.5. The SMILES string of the molecule is COc1ccc(S(=O)(=O)N(CCC(=O)N2CC3CC2CN3CCO)C(O)(C(N)=O)C(C)C)cc1. The van der Waals surface area contributed by atoms with Gasteiger partial charge in [-0.2, -0.15) is 4.31 Å². The van der Waals surface area contributed by atoms with Gasteiger partial charge in [0.25, 0.3) is 5.91 Å². The highest BCUT2D eigenvalue weighted by molar-refractivity contribution is 7.89. The van der Waals surface area contributed by atoms with Crippen LogP contribution in [-0.4, -0.2) is 102 Å². The topological polar surface area (TPSA) is 154 Å². The second kappa shape index (κ2) is 10.2. The lowest BCUT2D eigenvalue weighted by atomic mass is 9.98. The molecule has 3 rings (SSSR count). The van der Waals surface area contributed by atoms with Crippen LogP contribution in [0.25, 0.3) is 0 Å². The molecule has 2 heterocycles. The molecule has 0 aromatic heterocycles. The van der Waals surface area contributed by atoms with Gasteiger partial charge < -0.3 is 25.6 Å². The summed E-state index contributed by atoms with van der Waals surface area (Å²) in [4.78, 5) is 29.0. The monoisotopic (exact) mass is 498 g/mol. The van der Waals surface area contributed by atoms with Crippen molar-refractivity contribution in [2.24, 2.45) is 11.7 Å². The van der Waals surface area contributed by atoms with Crippen molar-refractivity contribution in [3.05, 3.63) is 24.3 Å². The number of hydrogen-bond donors (Lipinski definition) is 3. The molecule has 0 saturated carbocycles. The molecule has 3 unspecified atom stereocenters. The van der Waals surface area contributed by atoms with Gasteiger partial charge in [0.15, 0.2) is 0 Å². The van der Waals surface area contributed by atoms with Gasteiger partial charge in [-0.3, -0.25) is 14.5 Å². The van der Waals surface area contributed by atoms with Gasteiger partial charge >= 0.3 is 0 Å². The fourth-order valence-electron chi connectivity index (χ4n) is 4.84. The summed E-state index contributed by atoms with van der Waals surface area (Å²) in [7, 11) is -2.95. The number of nitrogens with zero attached hydrogens (tertiary/aromatic N) is 3. The number of benzene rings is 1. The Morgan fingerprint density at radius 3 is 2.35 bits per heavy atom. The van der Waals surface area contributed by atoms with Gasteiger partial charge in [-0.25, -0.2) is 8.42 Å². The minimum Gasteiger partial charge on any atom is -0.497 e. The molecule has 4 N–H and O–H groups in total. The fourth-order valence-corrected chi connectivity index (χ4v) is 6.58. The van der Waals surface area contributed by atoms with E-state index in [4.69, 9.17) is 10.5 Å². The van der Waals surface area contributed by atoms with Crippen LogP contribution in [0.5, 0.6) is 5.75 Å². The minimum absolute atomic E-state index is 0.00387. The Balaban J connectivity index is 1.84. The first-order chi connectivity index (χ1) is 16.0. The zero-order chi connectivity index (χ0) is 25.3. The van der Waals surface area contributed by atoms with E-state index < -0.39 is 34.1 Å². The number of rotatable bonds is 11. The average Bonchev–Trinajstić information content (AvgIpc) is 3.39. The largest absolute Gasteiger partial charge is 0.497 e. The Hall–Kier alpha value is -2.25. The minimum atomic E-state index is -4.40. The summed E-state index contributed by atoms with van der Waals surface area (Å²) in [5, 5.41) is 20.4. The van der Waals surface area contributed by atoms with E-state index in [2.05, 4.69) is 4.90 Å². The number of piperazine rings is 1. The lowest BCUT2D eigenvalue weighted by Gasteiger charge is -2.39. The summed E-state index contributed by atoms with van der Waals surface area (Å²) in [5.41, 5.74) is 2.95. The number of ether oxygens (including phenoxy) is 1. The molecule has 1 aromatic carbocycles. The second-order valence-corrected chi connectivity index (χ2v) is 10.9. The molecule has 2 saturated heterocycles. The first kappa shape index (κ1) is 26.4. The van der Waals surface area contributed by atoms with E-state index in [1.165, 1.54) is 45.2 Å². The summed E-state index contributed by atoms with van der Waals surface area (Å²) in [5.74, 6) is -1.91. The molecule has 0 radical (unpaired) electrons. The number of β-amino-alcohol motifs (C(OH)–C–C–N with tert-alkyl or cyclic N) is 1. The number of likely N-dealkylation sites (tertiary alicyclic amines) is 2. The number of nitrogens with two attached hydrogens (primary N) is 1. The first-order valence-electron chi connectivity index (χ1n) is 11.3. The number of hydrogen-bond acceptors (Lipinski definition) is 8. The number of sulfonamides is 1. The normalized spacial score (nSPS) is 22.4. The second-order valence-electron chi connectivity index (χ2n) is 9.06. The predicted octanol–water partition coefficient (Wildman–Crippen LogP) is -0.817. The van der Waals surface area contributed by atoms with Crippen LogP contribution >= 0.6 is 0 Å². The average molecular weight is 499 g/mol. The highest BCUT2D eigenvalue weighted by atomic mass is 32.2. The van der Waals surface area contributed by atoms with E-state index in [0.717, 1.165) is 6.42 Å². The van der Waals surface area contributed by atoms with Crippen molar-refractivity contribution in [1.29, 1.82) is 0 Å². The third-order valence-corrected chi connectivity index (χ3v) is 8.69. The molecule has 0 aliphatic carbocycles. The molecule has 2 amide bonds. The van der Waals surface area contributed by atoms with Crippen LogP contribution in [0, 0.1) is 5.92 Å². The van der Waals surface area contributed by atoms with Crippen molar-refractivity contribution in [2.45, 2.75) is 49.4 Å². The van der Waals surface area contributed by atoms with Crippen LogP contribution < -0.4 is 10.5 Å². The van der Waals surface area contributed by atoms with Crippen molar-refractivity contribution in [3.63, 3.8) is 0 Å². The number of carbonyl (C=O) groups is 2. The van der Waals surface area contributed by atoms with Crippen molar-refractivity contribution in [3.8, 4) is 5.75 Å². The van der Waals surface area contributed by atoms with E-state index in [0.29, 0.717) is 29.7 Å². The van der Waals surface area contributed by atoms with Crippen molar-refractivity contribution < 1.29 is 33.0 Å². The molecule has 11 nitrogen and oxygen atoms in total. The number of primary amides is 1. The van der Waals surface area contributed by atoms with Gasteiger partial charge in [0.1, 0.15) is 5.75 Å². The number of carbonyl (C=O) groups excluding carboxylic acids is 2. The summed E-state index contributed by atoms with van der Waals surface area (Å²) in [6.07, 6.45) is 0.581. The van der Waals surface area contributed by atoms with Gasteiger partial charge in [-0.1, -0.05) is 13.8 Å². The van der Waals surface area contributed by atoms with Crippen LogP contribution in [-0.2, 0) is 19.6 Å². The Bertz CT molecular complexity index is 1000. The highest BCUT2D eigenvalue weighted by Gasteiger charge is 2.51. The van der Waals surface area contributed by atoms with Gasteiger partial charge in [-0.15, -0.1) is 0 Å². The molecule has 1 aromatic rings. The van der Waals surface area contributed by atoms with Crippen molar-refractivity contribution in [1.82, 2.24) is 14.1 Å². The number of aliphatic hydroxyl groups is 2. The smallest absolute Gasteiger partial charge is 0.266 e. The van der Waals surface area contributed by atoms with Crippen molar-refractivity contribution >= 4 is 21.8 Å². The van der Waals surface area contributed by atoms with Crippen LogP contribution in [0.15, 0.2) is 29.2 Å². The molecule has 2 aliphatic rings. The molecule has 34 heavy (non-hydrogen) atoms. The zero-order valence-corrected chi connectivity index (χ0v) is 20.6. The number of aliphatic hydroxyl groups excluding tert-OH is 1. The lowest BCUT2D eigenvalue weighted by Crippen LogP contribution is -2.63. The summed E-state index contributed by atoms with van der Waals surface area (Å²) >= 11 is 0. The Morgan fingerprint density at radius 2 is 1.88 bits per heavy atom. The molecule has 12 heteroatoms. The summed E-state index contributed by atoms with van der Waals surface area (Å²) in [6, 6.07) is 5.68. The van der Waals surface area contributed by atoms with E-state index in [1.807, 2.05) is 0 Å². The van der Waals surface area contributed by atoms with Crippen LogP contribution in [0.1, 0.15) is 26.7 Å². The van der Waals surface area contributed by atoms with Gasteiger partial charge in [0, 0.05) is 50.6 Å². The van der Waals surface area contributed by atoms with E-state index >= 15 is 0 Å². The zero-order valence-electron chi connectivity index (χ0n) is 19.8. The maximum Gasteiger partial charge on any atom is 0.266 e. The molecule has 0 spiro atoms. The van der Waals surface area contributed by atoms with Crippen LogP contribution in [0.4, 0.5) is 0 Å². The Labute approximate surface area is 200 Å². The third-order valence-electron chi connectivity index (χ3n) is 6.79. The van der Waals surface area contributed by atoms with E-state index in [-0.39, 0.29) is 35.9 Å². The molecule has 2 aliphatic heterocycles. The predicted molar refractivity (Wildman–Crippen MR) is 123 cm³/mol. The van der Waals surface area contributed by atoms with Gasteiger partial charge in [-0.05, 0) is 30.7 Å². The first-order valence-corrected chi connectivity index (χ1v) is 12.7. The maximum atomic E-state index is 13.5. The fraction of sp³-hybridized carbons (Fsp3) is 0.636. The molecule has 2 bridgehead atoms. The molecular weight excluding hydrogens is 464 g/mol. The Morgan fingerprint density at radius 1 is 1.24 bits per heavy atom. The van der Waals surface area contributed by atoms with E-state index in [9.17, 15) is 28.2 Å². The van der Waals surface area contributed by atoms with Crippen LogP contribution in [0.2, 0.25) is 0 Å². The summed E-state index contributed by atoms with van der Waals surface area (Å²) in [6.45, 7) is 4.31. The quantitative estimate of drug-likeness (QED) is 0.335. The molecular formula is C22H34N4O7S. The van der Waals surface area contributed by atoms with Crippen LogP contribution in [0.3, 0.4) is 0 Å². The van der Waals surface area contributed by atoms with Gasteiger partial charge in [0.2, 0.25) is 21.7 Å². The number of methoxy groups -OCH3 is 1. The third kappa shape index (κ3) is 4.78. The number of amides is 2. The van der Waals surface area contributed by atoms with E-state index in [1.54, 1.807) is 4.90 Å². The molecule has 3 atom stereocenters. The highest BCUT2D eigenvalue weighted by Crippen LogP contribution is 2.33. The van der Waals surface area contributed by atoms with Crippen molar-refractivity contribution in [2.75, 3.05) is 39.9 Å². The molecule has 190 valence electrons. The van der Waals surface area contributed by atoms with Gasteiger partial charge in [0.05, 0.1) is 18.6 Å².